The Bertz CT molecular complexity index is 295. The van der Waals surface area contributed by atoms with Gasteiger partial charge in [0.15, 0.2) is 0 Å². The molecular formula is C15H25NO. The van der Waals surface area contributed by atoms with Gasteiger partial charge in [-0.1, -0.05) is 32.6 Å². The highest BCUT2D eigenvalue weighted by Gasteiger charge is 2.24. The van der Waals surface area contributed by atoms with Crippen LogP contribution in [0, 0.1) is 17.8 Å². The van der Waals surface area contributed by atoms with Gasteiger partial charge >= 0.3 is 0 Å². The van der Waals surface area contributed by atoms with Crippen LogP contribution in [0.2, 0.25) is 0 Å². The van der Waals surface area contributed by atoms with Crippen molar-refractivity contribution < 1.29 is 4.79 Å². The maximum atomic E-state index is 11.4. The highest BCUT2D eigenvalue weighted by atomic mass is 16.2. The molecule has 96 valence electrons. The maximum absolute atomic E-state index is 11.4. The van der Waals surface area contributed by atoms with E-state index in [0.717, 1.165) is 12.5 Å². The Labute approximate surface area is 105 Å². The van der Waals surface area contributed by atoms with Crippen molar-refractivity contribution in [1.29, 1.82) is 0 Å². The lowest BCUT2D eigenvalue weighted by Crippen LogP contribution is -2.32. The van der Waals surface area contributed by atoms with Gasteiger partial charge in [0.05, 0.1) is 0 Å². The minimum Gasteiger partial charge on any atom is -0.320 e. The quantitative estimate of drug-likeness (QED) is 0.667. The lowest BCUT2D eigenvalue weighted by molar-refractivity contribution is -0.127. The summed E-state index contributed by atoms with van der Waals surface area (Å²) in [6.07, 6.45) is 9.91. The highest BCUT2D eigenvalue weighted by Crippen LogP contribution is 2.31. The molecule has 3 unspecified atom stereocenters. The van der Waals surface area contributed by atoms with Crippen LogP contribution >= 0.6 is 0 Å². The summed E-state index contributed by atoms with van der Waals surface area (Å²) in [5, 5.41) is 0. The van der Waals surface area contributed by atoms with Gasteiger partial charge in [0.25, 0.3) is 0 Å². The van der Waals surface area contributed by atoms with E-state index in [1.165, 1.54) is 19.3 Å². The molecule has 0 aromatic rings. The Morgan fingerprint density at radius 3 is 2.71 bits per heavy atom. The fourth-order valence-electron chi connectivity index (χ4n) is 2.57. The van der Waals surface area contributed by atoms with Gasteiger partial charge in [0.1, 0.15) is 0 Å². The van der Waals surface area contributed by atoms with Crippen LogP contribution in [0.5, 0.6) is 0 Å². The molecule has 17 heavy (non-hydrogen) atoms. The first-order valence-electron chi connectivity index (χ1n) is 6.61. The van der Waals surface area contributed by atoms with Crippen LogP contribution in [-0.2, 0) is 4.79 Å². The number of amides is 1. The van der Waals surface area contributed by atoms with Crippen molar-refractivity contribution in [1.82, 2.24) is 4.90 Å². The van der Waals surface area contributed by atoms with Crippen molar-refractivity contribution in [2.45, 2.75) is 40.0 Å². The second-order valence-electron chi connectivity index (χ2n) is 5.23. The molecule has 0 aromatic heterocycles. The Morgan fingerprint density at radius 1 is 1.53 bits per heavy atom. The van der Waals surface area contributed by atoms with E-state index in [1.807, 2.05) is 0 Å². The van der Waals surface area contributed by atoms with Crippen LogP contribution in [0.25, 0.3) is 0 Å². The molecule has 0 radical (unpaired) electrons. The molecule has 3 atom stereocenters. The lowest BCUT2D eigenvalue weighted by atomic mass is 9.77. The van der Waals surface area contributed by atoms with E-state index in [9.17, 15) is 4.79 Å². The van der Waals surface area contributed by atoms with Gasteiger partial charge in [-0.2, -0.15) is 0 Å². The van der Waals surface area contributed by atoms with E-state index in [-0.39, 0.29) is 5.91 Å². The van der Waals surface area contributed by atoms with E-state index < -0.39 is 0 Å². The summed E-state index contributed by atoms with van der Waals surface area (Å²) in [5.41, 5.74) is 0. The van der Waals surface area contributed by atoms with Crippen LogP contribution in [-0.4, -0.2) is 17.4 Å². The van der Waals surface area contributed by atoms with Crippen LogP contribution in [0.4, 0.5) is 0 Å². The number of rotatable bonds is 5. The van der Waals surface area contributed by atoms with Crippen LogP contribution < -0.4 is 0 Å². The van der Waals surface area contributed by atoms with Crippen molar-refractivity contribution in [3.8, 4) is 0 Å². The molecule has 0 bridgehead atoms. The van der Waals surface area contributed by atoms with E-state index >= 15 is 0 Å². The van der Waals surface area contributed by atoms with Gasteiger partial charge in [-0.05, 0) is 43.2 Å². The molecule has 1 aliphatic rings. The molecule has 2 heteroatoms. The van der Waals surface area contributed by atoms with Crippen molar-refractivity contribution in [3.05, 3.63) is 24.9 Å². The molecular weight excluding hydrogens is 210 g/mol. The first-order valence-corrected chi connectivity index (χ1v) is 6.61. The fourth-order valence-corrected chi connectivity index (χ4v) is 2.57. The van der Waals surface area contributed by atoms with Crippen LogP contribution in [0.3, 0.4) is 0 Å². The van der Waals surface area contributed by atoms with Gasteiger partial charge in [0.2, 0.25) is 5.91 Å². The number of nitrogens with zero attached hydrogens (tertiary/aromatic N) is 1. The molecule has 1 aliphatic carbocycles. The van der Waals surface area contributed by atoms with Crippen molar-refractivity contribution in [2.24, 2.45) is 17.8 Å². The fraction of sp³-hybridized carbons (Fsp3) is 0.667. The first-order chi connectivity index (χ1) is 8.06. The summed E-state index contributed by atoms with van der Waals surface area (Å²) in [6, 6.07) is 0. The maximum Gasteiger partial charge on any atom is 0.223 e. The Balaban J connectivity index is 2.50. The van der Waals surface area contributed by atoms with Gasteiger partial charge in [-0.15, -0.1) is 0 Å². The molecule has 1 rings (SSSR count). The Kier molecular flexibility index (Phi) is 5.46. The topological polar surface area (TPSA) is 20.3 Å². The van der Waals surface area contributed by atoms with Gasteiger partial charge in [0, 0.05) is 13.5 Å². The van der Waals surface area contributed by atoms with Crippen molar-refractivity contribution in [3.63, 3.8) is 0 Å². The Morgan fingerprint density at radius 2 is 2.24 bits per heavy atom. The number of carbonyl (C=O) groups excluding carboxylic acids is 1. The van der Waals surface area contributed by atoms with E-state index in [0.29, 0.717) is 11.8 Å². The monoisotopic (exact) mass is 235 g/mol. The molecule has 0 N–H and O–H groups in total. The summed E-state index contributed by atoms with van der Waals surface area (Å²) < 4.78 is 0. The summed E-state index contributed by atoms with van der Waals surface area (Å²) in [4.78, 5) is 13.1. The molecule has 0 saturated carbocycles. The molecule has 1 amide bonds. The molecule has 0 fully saturated rings. The highest BCUT2D eigenvalue weighted by molar-refractivity contribution is 5.74. The predicted molar refractivity (Wildman–Crippen MR) is 72.4 cm³/mol. The average Bonchev–Trinajstić information content (AvgIpc) is 2.35. The number of hydrogen-bond donors (Lipinski definition) is 0. The SMILES string of the molecule is C=CN(CC(C)C(C)C1CC=CCC1)C(C)=O. The zero-order chi connectivity index (χ0) is 12.8. The van der Waals surface area contributed by atoms with Gasteiger partial charge in [-0.3, -0.25) is 4.79 Å². The molecule has 0 saturated heterocycles. The number of carbonyl (C=O) groups is 1. The molecule has 0 heterocycles. The third-order valence-electron chi connectivity index (χ3n) is 4.06. The molecule has 2 nitrogen and oxygen atoms in total. The summed E-state index contributed by atoms with van der Waals surface area (Å²) in [6.45, 7) is 10.6. The smallest absolute Gasteiger partial charge is 0.223 e. The second kappa shape index (κ2) is 6.63. The third-order valence-corrected chi connectivity index (χ3v) is 4.06. The third kappa shape index (κ3) is 4.03. The van der Waals surface area contributed by atoms with Crippen LogP contribution in [0.1, 0.15) is 40.0 Å². The zero-order valence-corrected chi connectivity index (χ0v) is 11.4. The minimum atomic E-state index is 0.0857. The molecule has 0 spiro atoms. The summed E-state index contributed by atoms with van der Waals surface area (Å²) in [5.74, 6) is 2.03. The first kappa shape index (κ1) is 14.0. The van der Waals surface area contributed by atoms with Crippen LogP contribution in [0.15, 0.2) is 24.9 Å². The van der Waals surface area contributed by atoms with Crippen molar-refractivity contribution in [2.75, 3.05) is 6.54 Å². The van der Waals surface area contributed by atoms with Crippen molar-refractivity contribution >= 4 is 5.91 Å². The second-order valence-corrected chi connectivity index (χ2v) is 5.23. The zero-order valence-electron chi connectivity index (χ0n) is 11.4. The lowest BCUT2D eigenvalue weighted by Gasteiger charge is -2.32. The largest absolute Gasteiger partial charge is 0.320 e. The van der Waals surface area contributed by atoms with E-state index in [2.05, 4.69) is 32.6 Å². The summed E-state index contributed by atoms with van der Waals surface area (Å²) in [7, 11) is 0. The van der Waals surface area contributed by atoms with E-state index in [4.69, 9.17) is 0 Å². The molecule has 0 aliphatic heterocycles. The number of allylic oxidation sites excluding steroid dienone is 2. The standard InChI is InChI=1S/C15H25NO/c1-5-16(14(4)17)11-12(2)13(3)15-9-7-6-8-10-15/h5-7,12-13,15H,1,8-11H2,2-4H3. The van der Waals surface area contributed by atoms with E-state index in [1.54, 1.807) is 18.0 Å². The van der Waals surface area contributed by atoms with Gasteiger partial charge in [-0.25, -0.2) is 0 Å². The summed E-state index contributed by atoms with van der Waals surface area (Å²) >= 11 is 0. The Hall–Kier alpha value is -1.05. The predicted octanol–water partition coefficient (Wildman–Crippen LogP) is 3.61. The molecule has 0 aromatic carbocycles. The van der Waals surface area contributed by atoms with Gasteiger partial charge < -0.3 is 4.90 Å². The number of hydrogen-bond acceptors (Lipinski definition) is 1. The minimum absolute atomic E-state index is 0.0857. The normalized spacial score (nSPS) is 22.9. The average molecular weight is 235 g/mol.